The fourth-order valence-electron chi connectivity index (χ4n) is 2.67. The van der Waals surface area contributed by atoms with Crippen LogP contribution in [0.4, 0.5) is 11.4 Å². The maximum atomic E-state index is 11.4. The number of morpholine rings is 1. The Bertz CT molecular complexity index is 518. The van der Waals surface area contributed by atoms with Crippen molar-refractivity contribution in [2.24, 2.45) is 0 Å². The molecule has 1 heterocycles. The molecule has 3 atom stereocenters. The summed E-state index contributed by atoms with van der Waals surface area (Å²) in [6, 6.07) is 5.09. The van der Waals surface area contributed by atoms with E-state index in [1.54, 1.807) is 19.1 Å². The highest BCUT2D eigenvalue weighted by Gasteiger charge is 2.30. The number of rotatable bonds is 4. The van der Waals surface area contributed by atoms with Crippen molar-refractivity contribution in [1.29, 1.82) is 0 Å². The molecule has 21 heavy (non-hydrogen) atoms. The largest absolute Gasteiger partial charge is 0.389 e. The molecule has 6 heteroatoms. The Hall–Kier alpha value is -1.66. The van der Waals surface area contributed by atoms with E-state index in [4.69, 9.17) is 4.74 Å². The summed E-state index contributed by atoms with van der Waals surface area (Å²) in [5.74, 6) is 0. The van der Waals surface area contributed by atoms with Crippen LogP contribution in [0.5, 0.6) is 0 Å². The fraction of sp³-hybridized carbons (Fsp3) is 0.600. The molecule has 3 unspecified atom stereocenters. The molecule has 0 bridgehead atoms. The number of hydrogen-bond acceptors (Lipinski definition) is 5. The third kappa shape index (κ3) is 3.33. The summed E-state index contributed by atoms with van der Waals surface area (Å²) in [5, 5.41) is 21.0. The first-order chi connectivity index (χ1) is 9.93. The van der Waals surface area contributed by atoms with Gasteiger partial charge in [0.15, 0.2) is 0 Å². The molecule has 0 saturated carbocycles. The van der Waals surface area contributed by atoms with E-state index in [2.05, 4.69) is 4.90 Å². The topological polar surface area (TPSA) is 75.8 Å². The lowest BCUT2D eigenvalue weighted by atomic mass is 10.0. The van der Waals surface area contributed by atoms with E-state index in [0.717, 1.165) is 6.42 Å². The Kier molecular flexibility index (Phi) is 4.80. The van der Waals surface area contributed by atoms with Crippen LogP contribution in [0.25, 0.3) is 0 Å². The van der Waals surface area contributed by atoms with E-state index in [-0.39, 0.29) is 22.8 Å². The Labute approximate surface area is 124 Å². The van der Waals surface area contributed by atoms with E-state index in [9.17, 15) is 15.2 Å². The van der Waals surface area contributed by atoms with Gasteiger partial charge in [0.25, 0.3) is 5.69 Å². The quantitative estimate of drug-likeness (QED) is 0.682. The highest BCUT2D eigenvalue weighted by Crippen LogP contribution is 2.34. The molecular formula is C15H22N2O4. The monoisotopic (exact) mass is 294 g/mol. The lowest BCUT2D eigenvalue weighted by Gasteiger charge is -2.39. The first-order valence-corrected chi connectivity index (χ1v) is 7.28. The number of benzene rings is 1. The highest BCUT2D eigenvalue weighted by atomic mass is 16.6. The second-order valence-electron chi connectivity index (χ2n) is 5.54. The van der Waals surface area contributed by atoms with Gasteiger partial charge in [0.1, 0.15) is 5.69 Å². The van der Waals surface area contributed by atoms with E-state index >= 15 is 0 Å². The van der Waals surface area contributed by atoms with Crippen LogP contribution in [0.15, 0.2) is 18.2 Å². The summed E-state index contributed by atoms with van der Waals surface area (Å²) in [6.45, 7) is 6.83. The van der Waals surface area contributed by atoms with Crippen LogP contribution in [-0.4, -0.2) is 35.3 Å². The predicted octanol–water partition coefficient (Wildman–Crippen LogP) is 2.65. The summed E-state index contributed by atoms with van der Waals surface area (Å²) in [6.07, 6.45) is 0.189. The minimum absolute atomic E-state index is 0.0425. The Morgan fingerprint density at radius 1 is 1.57 bits per heavy atom. The van der Waals surface area contributed by atoms with Gasteiger partial charge in [-0.2, -0.15) is 0 Å². The van der Waals surface area contributed by atoms with Crippen molar-refractivity contribution in [3.8, 4) is 0 Å². The lowest BCUT2D eigenvalue weighted by molar-refractivity contribution is -0.384. The van der Waals surface area contributed by atoms with Crippen LogP contribution in [0, 0.1) is 10.1 Å². The van der Waals surface area contributed by atoms with Crippen LogP contribution in [0.2, 0.25) is 0 Å². The highest BCUT2D eigenvalue weighted by molar-refractivity contribution is 5.65. The maximum Gasteiger partial charge on any atom is 0.292 e. The minimum atomic E-state index is -0.719. The van der Waals surface area contributed by atoms with Gasteiger partial charge in [0.05, 0.1) is 29.8 Å². The second-order valence-corrected chi connectivity index (χ2v) is 5.54. The number of ether oxygens (including phenoxy) is 1. The molecule has 0 spiro atoms. The molecule has 1 aromatic rings. The molecule has 0 radical (unpaired) electrons. The number of anilines is 1. The van der Waals surface area contributed by atoms with Gasteiger partial charge in [0.2, 0.25) is 0 Å². The summed E-state index contributed by atoms with van der Waals surface area (Å²) < 4.78 is 5.64. The Balaban J connectivity index is 2.43. The molecule has 1 saturated heterocycles. The SMILES string of the molecule is CCC1COC(C)CN1c1ccc(C(C)O)cc1[N+](=O)[O-]. The molecule has 1 aliphatic rings. The average molecular weight is 294 g/mol. The Morgan fingerprint density at radius 2 is 2.29 bits per heavy atom. The van der Waals surface area contributed by atoms with Crippen molar-refractivity contribution in [1.82, 2.24) is 0 Å². The average Bonchev–Trinajstić information content (AvgIpc) is 2.46. The zero-order chi connectivity index (χ0) is 15.6. The van der Waals surface area contributed by atoms with Gasteiger partial charge < -0.3 is 14.7 Å². The van der Waals surface area contributed by atoms with Crippen molar-refractivity contribution in [3.63, 3.8) is 0 Å². The van der Waals surface area contributed by atoms with Crippen LogP contribution in [0.1, 0.15) is 38.9 Å². The summed E-state index contributed by atoms with van der Waals surface area (Å²) in [7, 11) is 0. The zero-order valence-electron chi connectivity index (χ0n) is 12.7. The Morgan fingerprint density at radius 3 is 2.86 bits per heavy atom. The van der Waals surface area contributed by atoms with Crippen molar-refractivity contribution in [2.45, 2.75) is 45.4 Å². The third-order valence-electron chi connectivity index (χ3n) is 3.93. The maximum absolute atomic E-state index is 11.4. The normalized spacial score (nSPS) is 23.9. The third-order valence-corrected chi connectivity index (χ3v) is 3.93. The first kappa shape index (κ1) is 15.7. The number of nitrogens with zero attached hydrogens (tertiary/aromatic N) is 2. The summed E-state index contributed by atoms with van der Waals surface area (Å²) in [4.78, 5) is 13.1. The van der Waals surface area contributed by atoms with E-state index in [0.29, 0.717) is 24.4 Å². The van der Waals surface area contributed by atoms with Crippen molar-refractivity contribution < 1.29 is 14.8 Å². The molecule has 1 N–H and O–H groups in total. The van der Waals surface area contributed by atoms with Crippen LogP contribution < -0.4 is 4.90 Å². The lowest BCUT2D eigenvalue weighted by Crippen LogP contribution is -2.48. The van der Waals surface area contributed by atoms with Crippen LogP contribution in [0.3, 0.4) is 0 Å². The molecule has 0 aromatic heterocycles. The summed E-state index contributed by atoms with van der Waals surface area (Å²) in [5.41, 5.74) is 1.20. The molecule has 1 aromatic carbocycles. The van der Waals surface area contributed by atoms with Crippen molar-refractivity contribution in [3.05, 3.63) is 33.9 Å². The molecule has 6 nitrogen and oxygen atoms in total. The standard InChI is InChI=1S/C15H22N2O4/c1-4-13-9-21-10(2)8-16(13)14-6-5-12(11(3)18)7-15(14)17(19)20/h5-7,10-11,13,18H,4,8-9H2,1-3H3. The number of nitro benzene ring substituents is 1. The van der Waals surface area contributed by atoms with E-state index in [1.807, 2.05) is 13.8 Å². The summed E-state index contributed by atoms with van der Waals surface area (Å²) >= 11 is 0. The number of hydrogen-bond donors (Lipinski definition) is 1. The van der Waals surface area contributed by atoms with Gasteiger partial charge in [-0.15, -0.1) is 0 Å². The van der Waals surface area contributed by atoms with Gasteiger partial charge in [-0.1, -0.05) is 13.0 Å². The predicted molar refractivity (Wildman–Crippen MR) is 80.6 cm³/mol. The van der Waals surface area contributed by atoms with E-state index in [1.165, 1.54) is 6.07 Å². The zero-order valence-corrected chi connectivity index (χ0v) is 12.7. The molecular weight excluding hydrogens is 272 g/mol. The van der Waals surface area contributed by atoms with Gasteiger partial charge in [-0.05, 0) is 31.9 Å². The number of aliphatic hydroxyl groups excluding tert-OH is 1. The minimum Gasteiger partial charge on any atom is -0.389 e. The molecule has 116 valence electrons. The number of nitro groups is 1. The van der Waals surface area contributed by atoms with Gasteiger partial charge in [0, 0.05) is 12.6 Å². The van der Waals surface area contributed by atoms with Gasteiger partial charge >= 0.3 is 0 Å². The fourth-order valence-corrected chi connectivity index (χ4v) is 2.67. The van der Waals surface area contributed by atoms with Gasteiger partial charge in [-0.25, -0.2) is 0 Å². The first-order valence-electron chi connectivity index (χ1n) is 7.28. The van der Waals surface area contributed by atoms with Crippen LogP contribution >= 0.6 is 0 Å². The molecule has 2 rings (SSSR count). The smallest absolute Gasteiger partial charge is 0.292 e. The van der Waals surface area contributed by atoms with E-state index < -0.39 is 6.10 Å². The molecule has 1 fully saturated rings. The second kappa shape index (κ2) is 6.41. The molecule has 0 aliphatic carbocycles. The molecule has 0 amide bonds. The molecule has 1 aliphatic heterocycles. The van der Waals surface area contributed by atoms with Crippen LogP contribution in [-0.2, 0) is 4.74 Å². The van der Waals surface area contributed by atoms with Gasteiger partial charge in [-0.3, -0.25) is 10.1 Å². The number of aliphatic hydroxyl groups is 1. The van der Waals surface area contributed by atoms with Crippen molar-refractivity contribution >= 4 is 11.4 Å². The van der Waals surface area contributed by atoms with Crippen molar-refractivity contribution in [2.75, 3.05) is 18.1 Å².